The molecule has 1 atom stereocenters. The Labute approximate surface area is 122 Å². The van der Waals surface area contributed by atoms with Crippen molar-refractivity contribution in [3.05, 3.63) is 23.2 Å². The fraction of sp³-hybridized carbons (Fsp3) is 0.500. The zero-order valence-electron chi connectivity index (χ0n) is 11.1. The van der Waals surface area contributed by atoms with Gasteiger partial charge in [0.1, 0.15) is 12.4 Å². The van der Waals surface area contributed by atoms with Crippen LogP contribution < -0.4 is 9.64 Å². The summed E-state index contributed by atoms with van der Waals surface area (Å²) < 4.78 is 5.57. The van der Waals surface area contributed by atoms with Gasteiger partial charge < -0.3 is 19.6 Å². The topological polar surface area (TPSA) is 53.0 Å². The van der Waals surface area contributed by atoms with Crippen molar-refractivity contribution < 1.29 is 14.6 Å². The van der Waals surface area contributed by atoms with Crippen LogP contribution in [0.3, 0.4) is 0 Å². The zero-order chi connectivity index (χ0) is 14.1. The van der Waals surface area contributed by atoms with Crippen LogP contribution in [-0.2, 0) is 4.79 Å². The summed E-state index contributed by atoms with van der Waals surface area (Å²) in [5.74, 6) is 0.796. The minimum absolute atomic E-state index is 0.0365. The number of likely N-dealkylation sites (tertiary alicyclic amines) is 1. The highest BCUT2D eigenvalue weighted by molar-refractivity contribution is 6.31. The largest absolute Gasteiger partial charge is 0.490 e. The number of fused-ring (bicyclic) bond motifs is 1. The minimum Gasteiger partial charge on any atom is -0.490 e. The molecule has 108 valence electrons. The van der Waals surface area contributed by atoms with Gasteiger partial charge in [0.05, 0.1) is 24.9 Å². The van der Waals surface area contributed by atoms with Crippen molar-refractivity contribution in [1.29, 1.82) is 0 Å². The number of carbonyl (C=O) groups excluding carboxylic acids is 1. The molecule has 1 aromatic carbocycles. The number of hydrogen-bond acceptors (Lipinski definition) is 4. The maximum absolute atomic E-state index is 12.3. The van der Waals surface area contributed by atoms with Gasteiger partial charge in [-0.05, 0) is 24.6 Å². The number of rotatable bonds is 2. The van der Waals surface area contributed by atoms with Gasteiger partial charge in [0, 0.05) is 18.1 Å². The molecule has 0 spiro atoms. The van der Waals surface area contributed by atoms with E-state index in [0.717, 1.165) is 11.4 Å². The second-order valence-corrected chi connectivity index (χ2v) is 5.60. The molecule has 3 rings (SSSR count). The number of amides is 1. The van der Waals surface area contributed by atoms with Crippen LogP contribution in [0.1, 0.15) is 6.42 Å². The van der Waals surface area contributed by atoms with E-state index in [1.165, 1.54) is 0 Å². The lowest BCUT2D eigenvalue weighted by Gasteiger charge is -2.32. The maximum atomic E-state index is 12.3. The van der Waals surface area contributed by atoms with Crippen molar-refractivity contribution >= 4 is 23.2 Å². The van der Waals surface area contributed by atoms with E-state index in [4.69, 9.17) is 16.3 Å². The molecular weight excluding hydrogens is 280 g/mol. The predicted octanol–water partition coefficient (Wildman–Crippen LogP) is 1.13. The highest BCUT2D eigenvalue weighted by Crippen LogP contribution is 2.33. The third-order valence-corrected chi connectivity index (χ3v) is 3.96. The Morgan fingerprint density at radius 2 is 2.30 bits per heavy atom. The highest BCUT2D eigenvalue weighted by atomic mass is 35.5. The molecule has 2 heterocycles. The average Bonchev–Trinajstić information content (AvgIpc) is 2.86. The molecule has 0 saturated carbocycles. The summed E-state index contributed by atoms with van der Waals surface area (Å²) in [6.07, 6.45) is 0.280. The van der Waals surface area contributed by atoms with Gasteiger partial charge >= 0.3 is 0 Å². The Balaban J connectivity index is 1.73. The molecule has 0 aliphatic carbocycles. The molecule has 5 nitrogen and oxygen atoms in total. The van der Waals surface area contributed by atoms with Gasteiger partial charge in [-0.1, -0.05) is 11.6 Å². The zero-order valence-corrected chi connectivity index (χ0v) is 11.8. The SMILES string of the molecule is O=C(CN1CCOc2ccc(Cl)cc21)N1CC[C@H](O)C1. The van der Waals surface area contributed by atoms with E-state index in [1.54, 1.807) is 11.0 Å². The molecule has 1 saturated heterocycles. The molecule has 0 aromatic heterocycles. The van der Waals surface area contributed by atoms with Crippen molar-refractivity contribution in [2.45, 2.75) is 12.5 Å². The van der Waals surface area contributed by atoms with Crippen LogP contribution in [0.25, 0.3) is 0 Å². The summed E-state index contributed by atoms with van der Waals surface area (Å²) in [7, 11) is 0. The lowest BCUT2D eigenvalue weighted by Crippen LogP contribution is -2.42. The van der Waals surface area contributed by atoms with Crippen molar-refractivity contribution in [3.63, 3.8) is 0 Å². The maximum Gasteiger partial charge on any atom is 0.242 e. The summed E-state index contributed by atoms with van der Waals surface area (Å²) >= 11 is 6.01. The van der Waals surface area contributed by atoms with Crippen LogP contribution in [-0.4, -0.2) is 54.8 Å². The van der Waals surface area contributed by atoms with E-state index in [9.17, 15) is 9.90 Å². The molecule has 1 fully saturated rings. The molecular formula is C14H17ClN2O3. The Hall–Kier alpha value is -1.46. The van der Waals surface area contributed by atoms with Crippen LogP contribution in [0.2, 0.25) is 5.02 Å². The average molecular weight is 297 g/mol. The first-order valence-corrected chi connectivity index (χ1v) is 7.14. The van der Waals surface area contributed by atoms with E-state index in [0.29, 0.717) is 44.2 Å². The van der Waals surface area contributed by atoms with Crippen LogP contribution in [0.4, 0.5) is 5.69 Å². The second kappa shape index (κ2) is 5.50. The fourth-order valence-corrected chi connectivity index (χ4v) is 2.81. The van der Waals surface area contributed by atoms with E-state index in [1.807, 2.05) is 17.0 Å². The lowest BCUT2D eigenvalue weighted by atomic mass is 10.2. The summed E-state index contributed by atoms with van der Waals surface area (Å²) in [4.78, 5) is 15.9. The van der Waals surface area contributed by atoms with Crippen molar-refractivity contribution in [3.8, 4) is 5.75 Å². The monoisotopic (exact) mass is 296 g/mol. The van der Waals surface area contributed by atoms with E-state index >= 15 is 0 Å². The van der Waals surface area contributed by atoms with E-state index in [-0.39, 0.29) is 12.0 Å². The predicted molar refractivity (Wildman–Crippen MR) is 76.4 cm³/mol. The Bertz CT molecular complexity index is 523. The summed E-state index contributed by atoms with van der Waals surface area (Å²) in [6.45, 7) is 2.59. The highest BCUT2D eigenvalue weighted by Gasteiger charge is 2.27. The summed E-state index contributed by atoms with van der Waals surface area (Å²) in [6, 6.07) is 5.43. The Morgan fingerprint density at radius 3 is 3.05 bits per heavy atom. The van der Waals surface area contributed by atoms with Crippen molar-refractivity contribution in [1.82, 2.24) is 4.90 Å². The molecule has 6 heteroatoms. The first-order chi connectivity index (χ1) is 9.63. The number of hydrogen-bond donors (Lipinski definition) is 1. The molecule has 0 unspecified atom stereocenters. The van der Waals surface area contributed by atoms with Gasteiger partial charge in [-0.3, -0.25) is 4.79 Å². The Kier molecular flexibility index (Phi) is 3.72. The summed E-state index contributed by atoms with van der Waals surface area (Å²) in [5.41, 5.74) is 0.858. The quantitative estimate of drug-likeness (QED) is 0.889. The molecule has 0 radical (unpaired) electrons. The molecule has 2 aliphatic rings. The van der Waals surface area contributed by atoms with E-state index in [2.05, 4.69) is 0 Å². The fourth-order valence-electron chi connectivity index (χ4n) is 2.64. The van der Waals surface area contributed by atoms with Crippen LogP contribution in [0.5, 0.6) is 5.75 Å². The number of ether oxygens (including phenoxy) is 1. The van der Waals surface area contributed by atoms with Gasteiger partial charge in [-0.25, -0.2) is 0 Å². The third kappa shape index (κ3) is 2.69. The molecule has 20 heavy (non-hydrogen) atoms. The number of carbonyl (C=O) groups is 1. The molecule has 1 N–H and O–H groups in total. The summed E-state index contributed by atoms with van der Waals surface area (Å²) in [5, 5.41) is 10.1. The number of benzene rings is 1. The first kappa shape index (κ1) is 13.5. The second-order valence-electron chi connectivity index (χ2n) is 5.16. The lowest BCUT2D eigenvalue weighted by molar-refractivity contribution is -0.129. The minimum atomic E-state index is -0.384. The number of aliphatic hydroxyl groups is 1. The van der Waals surface area contributed by atoms with Crippen molar-refractivity contribution in [2.24, 2.45) is 0 Å². The Morgan fingerprint density at radius 1 is 1.45 bits per heavy atom. The van der Waals surface area contributed by atoms with Crippen LogP contribution in [0.15, 0.2) is 18.2 Å². The van der Waals surface area contributed by atoms with Gasteiger partial charge in [0.2, 0.25) is 5.91 Å². The van der Waals surface area contributed by atoms with Crippen molar-refractivity contribution in [2.75, 3.05) is 37.7 Å². The first-order valence-electron chi connectivity index (χ1n) is 6.76. The van der Waals surface area contributed by atoms with Crippen LogP contribution in [0, 0.1) is 0 Å². The van der Waals surface area contributed by atoms with Gasteiger partial charge in [-0.15, -0.1) is 0 Å². The normalized spacial score (nSPS) is 21.6. The number of nitrogens with zero attached hydrogens (tertiary/aromatic N) is 2. The number of aliphatic hydroxyl groups excluding tert-OH is 1. The smallest absolute Gasteiger partial charge is 0.242 e. The molecule has 0 bridgehead atoms. The van der Waals surface area contributed by atoms with Crippen LogP contribution >= 0.6 is 11.6 Å². The van der Waals surface area contributed by atoms with Gasteiger partial charge in [-0.2, -0.15) is 0 Å². The van der Waals surface area contributed by atoms with Gasteiger partial charge in [0.25, 0.3) is 0 Å². The van der Waals surface area contributed by atoms with Gasteiger partial charge in [0.15, 0.2) is 0 Å². The number of anilines is 1. The standard InChI is InChI=1S/C14H17ClN2O3/c15-10-1-2-13-12(7-10)16(5-6-20-13)9-14(19)17-4-3-11(18)8-17/h1-2,7,11,18H,3-6,8-9H2/t11-/m0/s1. The van der Waals surface area contributed by atoms with E-state index < -0.39 is 0 Å². The molecule has 1 aromatic rings. The third-order valence-electron chi connectivity index (χ3n) is 3.72. The molecule has 1 amide bonds. The number of halogens is 1. The number of β-amino-alcohol motifs (C(OH)–C–C–N with tert-alkyl or cyclic N) is 1. The molecule has 2 aliphatic heterocycles.